The smallest absolute Gasteiger partial charge is 0.311 e. The van der Waals surface area contributed by atoms with Crippen molar-refractivity contribution in [3.05, 3.63) is 42.0 Å². The van der Waals surface area contributed by atoms with Crippen LogP contribution in [0.1, 0.15) is 115 Å². The topological polar surface area (TPSA) is 131 Å². The first-order valence-electron chi connectivity index (χ1n) is 14.1. The second-order valence-corrected chi connectivity index (χ2v) is 11.5. The molecule has 0 bridgehead atoms. The lowest BCUT2D eigenvalue weighted by molar-refractivity contribution is -0.134. The molecule has 0 saturated carbocycles. The van der Waals surface area contributed by atoms with Gasteiger partial charge in [-0.05, 0) is 35.4 Å². The Morgan fingerprint density at radius 2 is 1.21 bits per heavy atom. The normalized spacial score (nSPS) is 11.1. The van der Waals surface area contributed by atoms with Gasteiger partial charge >= 0.3 is 5.97 Å². The van der Waals surface area contributed by atoms with E-state index in [0.717, 1.165) is 23.6 Å². The van der Waals surface area contributed by atoms with E-state index < -0.39 is 10.1 Å². The second kappa shape index (κ2) is 19.6. The van der Waals surface area contributed by atoms with Crippen molar-refractivity contribution in [2.45, 2.75) is 110 Å². The molecule has 0 saturated heterocycles. The second-order valence-electron chi connectivity index (χ2n) is 10.0. The van der Waals surface area contributed by atoms with Gasteiger partial charge in [-0.3, -0.25) is 14.8 Å². The molecule has 4 N–H and O–H groups in total. The zero-order valence-electron chi connectivity index (χ0n) is 23.3. The average molecular weight is 549 g/mol. The predicted octanol–water partition coefficient (Wildman–Crippen LogP) is 7.79. The standard InChI is InChI=1S/C29H44N2O2.CH4O3S/c1-2-3-4-5-6-7-8-9-10-11-12-13-14-15-16-17-28(32)33-27-21-20-24-22-26(29(30)31)19-18-25(24)23-27;1-5(2,3)4/h18-23H,2-17H2,1H3,(H3,30,31);1H3,(H,2,3,4). The van der Waals surface area contributed by atoms with Gasteiger partial charge in [-0.1, -0.05) is 115 Å². The summed E-state index contributed by atoms with van der Waals surface area (Å²) < 4.78 is 31.4. The number of esters is 1. The lowest BCUT2D eigenvalue weighted by Gasteiger charge is -2.07. The maximum atomic E-state index is 12.2. The van der Waals surface area contributed by atoms with Crippen molar-refractivity contribution in [2.75, 3.05) is 6.26 Å². The van der Waals surface area contributed by atoms with Crippen molar-refractivity contribution in [3.63, 3.8) is 0 Å². The molecule has 0 spiro atoms. The van der Waals surface area contributed by atoms with Gasteiger partial charge in [0.1, 0.15) is 11.6 Å². The molecule has 0 aliphatic heterocycles. The first-order chi connectivity index (χ1) is 18.1. The van der Waals surface area contributed by atoms with Gasteiger partial charge in [0.2, 0.25) is 0 Å². The zero-order chi connectivity index (χ0) is 28.2. The Kier molecular flexibility index (Phi) is 17.3. The summed E-state index contributed by atoms with van der Waals surface area (Å²) in [7, 11) is -3.67. The SMILES string of the molecule is CCCCCCCCCCCCCCCCCC(=O)Oc1ccc2cc(C(=N)N)ccc2c1.CS(=O)(=O)O. The molecule has 0 unspecified atom stereocenters. The van der Waals surface area contributed by atoms with Gasteiger partial charge < -0.3 is 10.5 Å². The highest BCUT2D eigenvalue weighted by molar-refractivity contribution is 7.85. The number of carbonyl (C=O) groups is 1. The summed E-state index contributed by atoms with van der Waals surface area (Å²) in [5, 5.41) is 9.48. The van der Waals surface area contributed by atoms with Gasteiger partial charge in [0.15, 0.2) is 0 Å². The van der Waals surface area contributed by atoms with Gasteiger partial charge in [-0.15, -0.1) is 0 Å². The molecule has 8 heteroatoms. The maximum absolute atomic E-state index is 12.2. The van der Waals surface area contributed by atoms with Crippen molar-refractivity contribution < 1.29 is 22.5 Å². The third-order valence-corrected chi connectivity index (χ3v) is 6.34. The number of fused-ring (bicyclic) bond motifs is 1. The fourth-order valence-corrected chi connectivity index (χ4v) is 4.28. The first kappa shape index (κ1) is 33.6. The summed E-state index contributed by atoms with van der Waals surface area (Å²) in [6.07, 6.45) is 20.9. The third kappa shape index (κ3) is 17.9. The van der Waals surface area contributed by atoms with E-state index in [9.17, 15) is 13.2 Å². The minimum atomic E-state index is -3.67. The van der Waals surface area contributed by atoms with Crippen LogP contribution in [0.25, 0.3) is 10.8 Å². The summed E-state index contributed by atoms with van der Waals surface area (Å²) in [5.41, 5.74) is 6.24. The Morgan fingerprint density at radius 1 is 0.789 bits per heavy atom. The summed E-state index contributed by atoms with van der Waals surface area (Å²) in [4.78, 5) is 12.2. The molecule has 2 rings (SSSR count). The van der Waals surface area contributed by atoms with Crippen LogP contribution in [0, 0.1) is 5.41 Å². The highest BCUT2D eigenvalue weighted by Gasteiger charge is 2.07. The molecule has 0 atom stereocenters. The number of nitrogen functional groups attached to an aromatic ring is 1. The van der Waals surface area contributed by atoms with Gasteiger partial charge in [0.05, 0.1) is 6.26 Å². The summed E-state index contributed by atoms with van der Waals surface area (Å²) in [6.45, 7) is 2.27. The van der Waals surface area contributed by atoms with Crippen LogP contribution in [0.2, 0.25) is 0 Å². The largest absolute Gasteiger partial charge is 0.427 e. The Hall–Kier alpha value is -2.45. The molecular weight excluding hydrogens is 500 g/mol. The van der Waals surface area contributed by atoms with E-state index in [1.165, 1.54) is 83.5 Å². The fraction of sp³-hybridized carbons (Fsp3) is 0.600. The van der Waals surface area contributed by atoms with Gasteiger partial charge in [0, 0.05) is 12.0 Å². The average Bonchev–Trinajstić information content (AvgIpc) is 2.85. The molecule has 0 aliphatic carbocycles. The van der Waals surface area contributed by atoms with E-state index in [0.29, 0.717) is 24.0 Å². The minimum Gasteiger partial charge on any atom is -0.427 e. The summed E-state index contributed by atoms with van der Waals surface area (Å²) >= 11 is 0. The predicted molar refractivity (Wildman–Crippen MR) is 158 cm³/mol. The van der Waals surface area contributed by atoms with Crippen molar-refractivity contribution >= 4 is 32.7 Å². The highest BCUT2D eigenvalue weighted by atomic mass is 32.2. The molecule has 214 valence electrons. The Morgan fingerprint density at radius 3 is 1.68 bits per heavy atom. The molecule has 0 aromatic heterocycles. The van der Waals surface area contributed by atoms with E-state index in [4.69, 9.17) is 20.4 Å². The number of unbranched alkanes of at least 4 members (excludes halogenated alkanes) is 14. The van der Waals surface area contributed by atoms with Crippen molar-refractivity contribution in [1.82, 2.24) is 0 Å². The molecule has 0 fully saturated rings. The molecule has 2 aromatic rings. The number of hydrogen-bond acceptors (Lipinski definition) is 5. The van der Waals surface area contributed by atoms with Crippen LogP contribution in [0.15, 0.2) is 36.4 Å². The monoisotopic (exact) mass is 548 g/mol. The Labute approximate surface area is 229 Å². The van der Waals surface area contributed by atoms with Gasteiger partial charge in [0.25, 0.3) is 10.1 Å². The lowest BCUT2D eigenvalue weighted by atomic mass is 10.0. The summed E-state index contributed by atoms with van der Waals surface area (Å²) in [5.74, 6) is 0.462. The maximum Gasteiger partial charge on any atom is 0.311 e. The van der Waals surface area contributed by atoms with Crippen molar-refractivity contribution in [3.8, 4) is 5.75 Å². The van der Waals surface area contributed by atoms with E-state index >= 15 is 0 Å². The quantitative estimate of drug-likeness (QED) is 0.0435. The number of benzene rings is 2. The van der Waals surface area contributed by atoms with Gasteiger partial charge in [-0.2, -0.15) is 8.42 Å². The van der Waals surface area contributed by atoms with E-state index in [-0.39, 0.29) is 11.8 Å². The number of amidine groups is 1. The lowest BCUT2D eigenvalue weighted by Crippen LogP contribution is -2.10. The van der Waals surface area contributed by atoms with Crippen molar-refractivity contribution in [2.24, 2.45) is 5.73 Å². The number of ether oxygens (including phenoxy) is 1. The van der Waals surface area contributed by atoms with Crippen LogP contribution in [0.5, 0.6) is 5.75 Å². The van der Waals surface area contributed by atoms with Crippen LogP contribution in [0.3, 0.4) is 0 Å². The molecule has 0 radical (unpaired) electrons. The third-order valence-electron chi connectivity index (χ3n) is 6.34. The van der Waals surface area contributed by atoms with Crippen LogP contribution in [-0.2, 0) is 14.9 Å². The number of carbonyl (C=O) groups excluding carboxylic acids is 1. The number of hydrogen-bond donors (Lipinski definition) is 3. The highest BCUT2D eigenvalue weighted by Crippen LogP contribution is 2.23. The molecule has 38 heavy (non-hydrogen) atoms. The number of rotatable bonds is 18. The minimum absolute atomic E-state index is 0.0518. The van der Waals surface area contributed by atoms with Crippen molar-refractivity contribution in [1.29, 1.82) is 5.41 Å². The number of nitrogens with one attached hydrogen (secondary N) is 1. The Bertz CT molecular complexity index is 1060. The Balaban J connectivity index is 0.00000132. The van der Waals surface area contributed by atoms with Crippen LogP contribution < -0.4 is 10.5 Å². The zero-order valence-corrected chi connectivity index (χ0v) is 24.2. The molecule has 0 heterocycles. The van der Waals surface area contributed by atoms with Crippen LogP contribution >= 0.6 is 0 Å². The summed E-state index contributed by atoms with van der Waals surface area (Å²) in [6, 6.07) is 11.2. The first-order valence-corrected chi connectivity index (χ1v) is 16.0. The molecular formula is C30H48N2O5S. The van der Waals surface area contributed by atoms with E-state index in [1.807, 2.05) is 30.3 Å². The molecule has 0 aliphatic rings. The van der Waals surface area contributed by atoms with E-state index in [1.54, 1.807) is 6.07 Å². The van der Waals surface area contributed by atoms with Gasteiger partial charge in [-0.25, -0.2) is 0 Å². The van der Waals surface area contributed by atoms with E-state index in [2.05, 4.69) is 6.92 Å². The molecule has 0 amide bonds. The molecule has 2 aromatic carbocycles. The fourth-order valence-electron chi connectivity index (χ4n) is 4.28. The molecule has 7 nitrogen and oxygen atoms in total. The van der Waals surface area contributed by atoms with Crippen LogP contribution in [-0.4, -0.2) is 31.0 Å². The number of nitrogens with two attached hydrogens (primary N) is 1. The van der Waals surface area contributed by atoms with Crippen LogP contribution in [0.4, 0.5) is 0 Å².